The number of hydrogen-bond acceptors (Lipinski definition) is 9. The van der Waals surface area contributed by atoms with Gasteiger partial charge in [0.15, 0.2) is 6.61 Å². The molecule has 4 heterocycles. The summed E-state index contributed by atoms with van der Waals surface area (Å²) < 4.78 is 22.7. The van der Waals surface area contributed by atoms with E-state index >= 15 is 0 Å². The maximum absolute atomic E-state index is 12.6. The first-order valence-electron chi connectivity index (χ1n) is 12.3. The van der Waals surface area contributed by atoms with Crippen molar-refractivity contribution in [2.24, 2.45) is 0 Å². The van der Waals surface area contributed by atoms with E-state index in [4.69, 9.17) is 18.9 Å². The molecule has 3 aliphatic heterocycles. The number of piperidine rings is 1. The summed E-state index contributed by atoms with van der Waals surface area (Å²) in [6.45, 7) is 2.73. The van der Waals surface area contributed by atoms with Crippen LogP contribution in [0.25, 0.3) is 10.9 Å². The van der Waals surface area contributed by atoms with E-state index in [0.717, 1.165) is 42.6 Å². The van der Waals surface area contributed by atoms with Crippen LogP contribution in [0.1, 0.15) is 12.8 Å². The van der Waals surface area contributed by atoms with Crippen molar-refractivity contribution in [1.82, 2.24) is 14.9 Å². The molecule has 2 saturated heterocycles. The lowest BCUT2D eigenvalue weighted by Gasteiger charge is -2.32. The summed E-state index contributed by atoms with van der Waals surface area (Å²) >= 11 is 0. The van der Waals surface area contributed by atoms with Crippen molar-refractivity contribution in [3.8, 4) is 17.4 Å². The fraction of sp³-hybridized carbons (Fsp3) is 0.385. The van der Waals surface area contributed by atoms with Crippen molar-refractivity contribution in [3.63, 3.8) is 0 Å². The van der Waals surface area contributed by atoms with Crippen LogP contribution in [0.15, 0.2) is 42.7 Å². The van der Waals surface area contributed by atoms with Gasteiger partial charge in [-0.25, -0.2) is 14.8 Å². The predicted molar refractivity (Wildman–Crippen MR) is 134 cm³/mol. The molecule has 11 heteroatoms. The number of ether oxygens (including phenoxy) is 4. The third-order valence-electron chi connectivity index (χ3n) is 6.86. The van der Waals surface area contributed by atoms with Crippen LogP contribution in [0.5, 0.6) is 17.4 Å². The van der Waals surface area contributed by atoms with Crippen molar-refractivity contribution < 1.29 is 28.5 Å². The molecule has 1 aromatic heterocycles. The molecule has 11 nitrogen and oxygen atoms in total. The number of fused-ring (bicyclic) bond motifs is 2. The zero-order valence-corrected chi connectivity index (χ0v) is 20.4. The number of likely N-dealkylation sites (tertiary alicyclic amines) is 1. The SMILES string of the molecule is COc1ccc2ncnc(OC3CCN(C[C@@H]4CN(c5ccc6c(c5)NC(=O)CO6)C(=O)O4)CC3)c2c1. The fourth-order valence-electron chi connectivity index (χ4n) is 4.95. The predicted octanol–water partition coefficient (Wildman–Crippen LogP) is 2.84. The average Bonchev–Trinajstić information content (AvgIpc) is 3.29. The van der Waals surface area contributed by atoms with E-state index < -0.39 is 6.09 Å². The Labute approximate surface area is 213 Å². The molecular weight excluding hydrogens is 478 g/mol. The van der Waals surface area contributed by atoms with Gasteiger partial charge in [0.25, 0.3) is 5.91 Å². The summed E-state index contributed by atoms with van der Waals surface area (Å²) in [5.41, 5.74) is 2.03. The van der Waals surface area contributed by atoms with Crippen molar-refractivity contribution in [1.29, 1.82) is 0 Å². The normalized spacial score (nSPS) is 20.2. The van der Waals surface area contributed by atoms with Crippen LogP contribution in [-0.2, 0) is 9.53 Å². The van der Waals surface area contributed by atoms with Gasteiger partial charge in [0.05, 0.1) is 30.2 Å². The minimum Gasteiger partial charge on any atom is -0.497 e. The zero-order valence-electron chi connectivity index (χ0n) is 20.4. The average molecular weight is 506 g/mol. The highest BCUT2D eigenvalue weighted by molar-refractivity contribution is 5.97. The van der Waals surface area contributed by atoms with Gasteiger partial charge in [-0.3, -0.25) is 14.6 Å². The number of amides is 2. The summed E-state index contributed by atoms with van der Waals surface area (Å²) in [6, 6.07) is 11.0. The molecule has 0 radical (unpaired) electrons. The second-order valence-electron chi connectivity index (χ2n) is 9.31. The van der Waals surface area contributed by atoms with Gasteiger partial charge in [-0.15, -0.1) is 0 Å². The highest BCUT2D eigenvalue weighted by Gasteiger charge is 2.35. The van der Waals surface area contributed by atoms with E-state index in [1.54, 1.807) is 30.2 Å². The Balaban J connectivity index is 1.04. The Kier molecular flexibility index (Phi) is 6.13. The summed E-state index contributed by atoms with van der Waals surface area (Å²) in [4.78, 5) is 36.8. The van der Waals surface area contributed by atoms with Crippen molar-refractivity contribution >= 4 is 34.3 Å². The number of benzene rings is 2. The first kappa shape index (κ1) is 23.3. The summed E-state index contributed by atoms with van der Waals surface area (Å²) in [5, 5.41) is 3.60. The van der Waals surface area contributed by atoms with Gasteiger partial charge >= 0.3 is 6.09 Å². The molecule has 1 atom stereocenters. The van der Waals surface area contributed by atoms with E-state index in [9.17, 15) is 9.59 Å². The maximum atomic E-state index is 12.6. The minimum atomic E-state index is -0.391. The molecule has 0 unspecified atom stereocenters. The second kappa shape index (κ2) is 9.74. The lowest BCUT2D eigenvalue weighted by molar-refractivity contribution is -0.118. The topological polar surface area (TPSA) is 115 Å². The van der Waals surface area contributed by atoms with Gasteiger partial charge in [-0.2, -0.15) is 0 Å². The molecule has 0 aliphatic carbocycles. The van der Waals surface area contributed by atoms with Crippen LogP contribution in [0, 0.1) is 0 Å². The van der Waals surface area contributed by atoms with Crippen LogP contribution in [0.3, 0.4) is 0 Å². The van der Waals surface area contributed by atoms with E-state index in [2.05, 4.69) is 20.2 Å². The van der Waals surface area contributed by atoms with E-state index in [0.29, 0.717) is 36.1 Å². The highest BCUT2D eigenvalue weighted by atomic mass is 16.6. The van der Waals surface area contributed by atoms with E-state index in [1.165, 1.54) is 6.33 Å². The van der Waals surface area contributed by atoms with Crippen molar-refractivity contribution in [2.75, 3.05) is 50.1 Å². The van der Waals surface area contributed by atoms with Gasteiger partial charge in [0.2, 0.25) is 5.88 Å². The Bertz CT molecular complexity index is 1340. The molecule has 2 fully saturated rings. The lowest BCUT2D eigenvalue weighted by atomic mass is 10.1. The molecule has 0 bridgehead atoms. The smallest absolute Gasteiger partial charge is 0.414 e. The highest BCUT2D eigenvalue weighted by Crippen LogP contribution is 2.34. The number of aromatic nitrogens is 2. The fourth-order valence-corrected chi connectivity index (χ4v) is 4.95. The number of carbonyl (C=O) groups is 2. The number of anilines is 2. The first-order chi connectivity index (χ1) is 18.1. The second-order valence-corrected chi connectivity index (χ2v) is 9.31. The minimum absolute atomic E-state index is 0.00762. The maximum Gasteiger partial charge on any atom is 0.414 e. The van der Waals surface area contributed by atoms with Gasteiger partial charge in [-0.05, 0) is 49.2 Å². The van der Waals surface area contributed by atoms with E-state index in [1.807, 2.05) is 18.2 Å². The number of carbonyl (C=O) groups excluding carboxylic acids is 2. The zero-order chi connectivity index (χ0) is 25.4. The summed E-state index contributed by atoms with van der Waals surface area (Å²) in [5.74, 6) is 1.67. The van der Waals surface area contributed by atoms with Gasteiger partial charge < -0.3 is 24.3 Å². The molecule has 6 rings (SSSR count). The first-order valence-corrected chi connectivity index (χ1v) is 12.3. The molecule has 2 amide bonds. The van der Waals surface area contributed by atoms with Crippen LogP contribution < -0.4 is 24.4 Å². The molecule has 3 aliphatic rings. The lowest BCUT2D eigenvalue weighted by Crippen LogP contribution is -2.42. The number of nitrogens with zero attached hydrogens (tertiary/aromatic N) is 4. The standard InChI is InChI=1S/C26H27N5O6/c1-34-18-3-4-21-20(11-18)25(28-15-27-21)36-17-6-8-30(9-7-17)12-19-13-31(26(33)37-19)16-2-5-23-22(10-16)29-24(32)14-35-23/h2-5,10-11,15,17,19H,6-9,12-14H2,1H3,(H,29,32)/t19-/m1/s1. The third-order valence-corrected chi connectivity index (χ3v) is 6.86. The number of hydrogen-bond donors (Lipinski definition) is 1. The Morgan fingerprint density at radius 1 is 1.11 bits per heavy atom. The van der Waals surface area contributed by atoms with Gasteiger partial charge in [-0.1, -0.05) is 0 Å². The van der Waals surface area contributed by atoms with Gasteiger partial charge in [0, 0.05) is 25.3 Å². The Morgan fingerprint density at radius 2 is 1.97 bits per heavy atom. The molecule has 0 spiro atoms. The number of methoxy groups -OCH3 is 1. The van der Waals surface area contributed by atoms with Crippen LogP contribution in [0.2, 0.25) is 0 Å². The molecule has 2 aromatic carbocycles. The molecule has 192 valence electrons. The third kappa shape index (κ3) is 4.82. The Morgan fingerprint density at radius 3 is 2.81 bits per heavy atom. The number of rotatable bonds is 6. The summed E-state index contributed by atoms with van der Waals surface area (Å²) in [7, 11) is 1.63. The van der Waals surface area contributed by atoms with Crippen molar-refractivity contribution in [2.45, 2.75) is 25.0 Å². The quantitative estimate of drug-likeness (QED) is 0.540. The van der Waals surface area contributed by atoms with E-state index in [-0.39, 0.29) is 24.7 Å². The molecule has 3 aromatic rings. The number of nitrogens with one attached hydrogen (secondary N) is 1. The van der Waals surface area contributed by atoms with Crippen molar-refractivity contribution in [3.05, 3.63) is 42.7 Å². The number of cyclic esters (lactones) is 1. The Hall–Kier alpha value is -4.12. The molecular formula is C26H27N5O6. The molecule has 37 heavy (non-hydrogen) atoms. The summed E-state index contributed by atoms with van der Waals surface area (Å²) in [6.07, 6.45) is 2.59. The molecule has 1 N–H and O–H groups in total. The molecule has 0 saturated carbocycles. The van der Waals surface area contributed by atoms with Gasteiger partial charge in [0.1, 0.15) is 30.0 Å². The largest absolute Gasteiger partial charge is 0.497 e. The van der Waals surface area contributed by atoms with Crippen LogP contribution in [-0.4, -0.2) is 79.0 Å². The monoisotopic (exact) mass is 505 g/mol. The van der Waals surface area contributed by atoms with Crippen LogP contribution in [0.4, 0.5) is 16.2 Å². The van der Waals surface area contributed by atoms with Crippen LogP contribution >= 0.6 is 0 Å².